The summed E-state index contributed by atoms with van der Waals surface area (Å²) in [6.07, 6.45) is 1.79. The van der Waals surface area contributed by atoms with Gasteiger partial charge in [0, 0.05) is 17.5 Å². The van der Waals surface area contributed by atoms with E-state index in [0.717, 1.165) is 0 Å². The third kappa shape index (κ3) is 6.01. The molecule has 0 radical (unpaired) electrons. The van der Waals surface area contributed by atoms with E-state index in [4.69, 9.17) is 4.42 Å². The van der Waals surface area contributed by atoms with Gasteiger partial charge in [0.15, 0.2) is 0 Å². The number of nitrogens with zero attached hydrogens (tertiary/aromatic N) is 4. The highest BCUT2D eigenvalue weighted by molar-refractivity contribution is 7.99. The lowest BCUT2D eigenvalue weighted by atomic mass is 10.00. The molecule has 9 nitrogen and oxygen atoms in total. The van der Waals surface area contributed by atoms with Crippen molar-refractivity contribution in [3.05, 3.63) is 34.3 Å². The van der Waals surface area contributed by atoms with E-state index >= 15 is 0 Å². The summed E-state index contributed by atoms with van der Waals surface area (Å²) >= 11 is 1.36. The minimum atomic E-state index is -0.822. The highest BCUT2D eigenvalue weighted by atomic mass is 32.2. The number of hydrogen-bond acceptors (Lipinski definition) is 8. The molecular weight excluding hydrogens is 382 g/mol. The second-order valence-electron chi connectivity index (χ2n) is 7.07. The normalized spacial score (nSPS) is 12.4. The zero-order valence-electron chi connectivity index (χ0n) is 16.6. The van der Waals surface area contributed by atoms with Crippen LogP contribution >= 0.6 is 11.8 Å². The van der Waals surface area contributed by atoms with Crippen LogP contribution < -0.4 is 10.9 Å². The molecule has 2 aromatic heterocycles. The van der Waals surface area contributed by atoms with Crippen LogP contribution in [0.25, 0.3) is 0 Å². The molecule has 2 heterocycles. The predicted octanol–water partition coefficient (Wildman–Crippen LogP) is 1.85. The third-order valence-electron chi connectivity index (χ3n) is 3.75. The monoisotopic (exact) mass is 407 g/mol. The Morgan fingerprint density at radius 2 is 1.96 bits per heavy atom. The molecule has 28 heavy (non-hydrogen) atoms. The number of aryl methyl sites for hydroxylation is 1. The smallest absolute Gasteiger partial charge is 0.286 e. The lowest BCUT2D eigenvalue weighted by Crippen LogP contribution is -2.44. The number of carbonyl (C=O) groups is 2. The maximum atomic E-state index is 12.8. The molecule has 0 saturated carbocycles. The third-order valence-corrected chi connectivity index (χ3v) is 4.59. The quantitative estimate of drug-likeness (QED) is 0.494. The Kier molecular flexibility index (Phi) is 7.50. The molecule has 0 aliphatic rings. The lowest BCUT2D eigenvalue weighted by molar-refractivity contribution is -0.122. The van der Waals surface area contributed by atoms with Gasteiger partial charge in [-0.15, -0.1) is 10.2 Å². The summed E-state index contributed by atoms with van der Waals surface area (Å²) in [6.45, 7) is 9.24. The van der Waals surface area contributed by atoms with Crippen molar-refractivity contribution in [3.8, 4) is 0 Å². The van der Waals surface area contributed by atoms with E-state index in [0.29, 0.717) is 17.5 Å². The van der Waals surface area contributed by atoms with Crippen molar-refractivity contribution in [1.82, 2.24) is 25.1 Å². The van der Waals surface area contributed by atoms with E-state index < -0.39 is 17.7 Å². The number of amides is 1. The molecule has 0 aliphatic heterocycles. The Hall–Kier alpha value is -2.49. The van der Waals surface area contributed by atoms with Crippen LogP contribution in [-0.2, 0) is 11.3 Å². The van der Waals surface area contributed by atoms with Gasteiger partial charge in [0.2, 0.25) is 11.7 Å². The molecule has 0 bridgehead atoms. The van der Waals surface area contributed by atoms with Gasteiger partial charge in [0.05, 0.1) is 6.04 Å². The number of hydrogen-bond donors (Lipinski definition) is 1. The summed E-state index contributed by atoms with van der Waals surface area (Å²) < 4.78 is 6.68. The van der Waals surface area contributed by atoms with Crippen LogP contribution in [0.1, 0.15) is 50.6 Å². The molecule has 1 N–H and O–H groups in total. The summed E-state index contributed by atoms with van der Waals surface area (Å²) in [5.74, 6) is -0.482. The fraction of sp³-hybridized carbons (Fsp3) is 0.556. The van der Waals surface area contributed by atoms with E-state index in [1.54, 1.807) is 6.92 Å². The minimum absolute atomic E-state index is 0.135. The predicted molar refractivity (Wildman–Crippen MR) is 104 cm³/mol. The van der Waals surface area contributed by atoms with Gasteiger partial charge in [0.25, 0.3) is 16.7 Å². The van der Waals surface area contributed by atoms with Gasteiger partial charge in [-0.05, 0) is 19.3 Å². The summed E-state index contributed by atoms with van der Waals surface area (Å²) in [5, 5.41) is 10.9. The Labute approximate surface area is 167 Å². The van der Waals surface area contributed by atoms with Crippen molar-refractivity contribution in [2.24, 2.45) is 5.92 Å². The van der Waals surface area contributed by atoms with Crippen molar-refractivity contribution in [3.63, 3.8) is 0 Å². The van der Waals surface area contributed by atoms with Crippen LogP contribution in [0.5, 0.6) is 0 Å². The summed E-state index contributed by atoms with van der Waals surface area (Å²) in [5.41, 5.74) is -0.332. The molecule has 1 atom stereocenters. The summed E-state index contributed by atoms with van der Waals surface area (Å²) in [4.78, 5) is 41.2. The van der Waals surface area contributed by atoms with Crippen LogP contribution in [0.3, 0.4) is 0 Å². The first-order valence-corrected chi connectivity index (χ1v) is 9.91. The molecule has 0 unspecified atom stereocenters. The molecule has 0 aromatic carbocycles. The van der Waals surface area contributed by atoms with Gasteiger partial charge in [-0.25, -0.2) is 4.98 Å². The SMILES string of the molecule is Cc1nccc(=O)n1CC(=O)N[C@@H](CC(C)C)C(=O)c1nnc(SC(C)C)o1. The molecular formula is C18H25N5O4S. The van der Waals surface area contributed by atoms with Gasteiger partial charge in [0.1, 0.15) is 12.4 Å². The first kappa shape index (κ1) is 21.8. The molecule has 152 valence electrons. The topological polar surface area (TPSA) is 120 Å². The molecule has 1 amide bonds. The number of Topliss-reactive ketones (excluding diaryl/α,β-unsaturated/α-hetero) is 1. The van der Waals surface area contributed by atoms with Crippen LogP contribution in [0, 0.1) is 12.8 Å². The zero-order valence-corrected chi connectivity index (χ0v) is 17.4. The van der Waals surface area contributed by atoms with E-state index in [9.17, 15) is 14.4 Å². The molecule has 10 heteroatoms. The highest BCUT2D eigenvalue weighted by Crippen LogP contribution is 2.22. The first-order valence-electron chi connectivity index (χ1n) is 9.03. The number of thioether (sulfide) groups is 1. The largest absolute Gasteiger partial charge is 0.408 e. The second-order valence-corrected chi connectivity index (χ2v) is 8.60. The number of aromatic nitrogens is 4. The van der Waals surface area contributed by atoms with E-state index in [-0.39, 0.29) is 29.2 Å². The number of carbonyl (C=O) groups excluding carboxylic acids is 2. The average Bonchev–Trinajstić information content (AvgIpc) is 3.04. The fourth-order valence-electron chi connectivity index (χ4n) is 2.51. The van der Waals surface area contributed by atoms with Crippen molar-refractivity contribution in [2.45, 2.75) is 64.1 Å². The van der Waals surface area contributed by atoms with Crippen molar-refractivity contribution >= 4 is 23.5 Å². The molecule has 2 rings (SSSR count). The van der Waals surface area contributed by atoms with Crippen molar-refractivity contribution < 1.29 is 14.0 Å². The van der Waals surface area contributed by atoms with Crippen LogP contribution in [0.4, 0.5) is 0 Å². The number of rotatable bonds is 9. The maximum Gasteiger partial charge on any atom is 0.286 e. The molecule has 0 saturated heterocycles. The van der Waals surface area contributed by atoms with Crippen molar-refractivity contribution in [2.75, 3.05) is 0 Å². The summed E-state index contributed by atoms with van der Waals surface area (Å²) in [6, 6.07) is 0.459. The Morgan fingerprint density at radius 1 is 1.25 bits per heavy atom. The average molecular weight is 407 g/mol. The Balaban J connectivity index is 2.14. The van der Waals surface area contributed by atoms with Gasteiger partial charge in [-0.3, -0.25) is 19.0 Å². The lowest BCUT2D eigenvalue weighted by Gasteiger charge is -2.18. The molecule has 2 aromatic rings. The van der Waals surface area contributed by atoms with Gasteiger partial charge < -0.3 is 9.73 Å². The second kappa shape index (κ2) is 9.63. The molecule has 0 aliphatic carbocycles. The van der Waals surface area contributed by atoms with E-state index in [1.807, 2.05) is 27.7 Å². The van der Waals surface area contributed by atoms with E-state index in [1.165, 1.54) is 28.6 Å². The molecule has 0 spiro atoms. The van der Waals surface area contributed by atoms with Crippen LogP contribution in [0.15, 0.2) is 26.7 Å². The Bertz CT molecular complexity index is 890. The van der Waals surface area contributed by atoms with E-state index in [2.05, 4.69) is 20.5 Å². The van der Waals surface area contributed by atoms with Crippen LogP contribution in [0.2, 0.25) is 0 Å². The number of nitrogens with one attached hydrogen (secondary N) is 1. The molecule has 0 fully saturated rings. The minimum Gasteiger partial charge on any atom is -0.408 e. The first-order chi connectivity index (χ1) is 13.2. The van der Waals surface area contributed by atoms with Crippen molar-refractivity contribution in [1.29, 1.82) is 0 Å². The maximum absolute atomic E-state index is 12.8. The fourth-order valence-corrected chi connectivity index (χ4v) is 3.13. The van der Waals surface area contributed by atoms with Gasteiger partial charge >= 0.3 is 0 Å². The standard InChI is InChI=1S/C18H25N5O4S/c1-10(2)8-13(16(26)17-21-22-18(27-17)28-11(3)4)20-14(24)9-23-12(5)19-7-6-15(23)25/h6-7,10-11,13H,8-9H2,1-5H3,(H,20,24)/t13-/m0/s1. The highest BCUT2D eigenvalue weighted by Gasteiger charge is 2.28. The van der Waals surface area contributed by atoms with Gasteiger partial charge in [-0.1, -0.05) is 39.5 Å². The van der Waals surface area contributed by atoms with Crippen LogP contribution in [-0.4, -0.2) is 42.7 Å². The number of ketones is 1. The Morgan fingerprint density at radius 3 is 2.57 bits per heavy atom. The van der Waals surface area contributed by atoms with Gasteiger partial charge in [-0.2, -0.15) is 0 Å². The zero-order chi connectivity index (χ0) is 20.8. The summed E-state index contributed by atoms with van der Waals surface area (Å²) in [7, 11) is 0.